The molecule has 25 heavy (non-hydrogen) atoms. The number of fused-ring (bicyclic) bond motifs is 1. The molecule has 0 aliphatic carbocycles. The minimum atomic E-state index is -0.508. The molecule has 4 rings (SSSR count). The molecule has 2 aromatic carbocycles. The molecular weight excluding hydrogens is 323 g/mol. The lowest BCUT2D eigenvalue weighted by atomic mass is 10.1. The second kappa shape index (κ2) is 6.01. The van der Waals surface area contributed by atoms with Crippen LogP contribution in [0.4, 0.5) is 15.9 Å². The molecule has 1 aliphatic rings. The summed E-state index contributed by atoms with van der Waals surface area (Å²) in [5.74, 6) is -1.21. The Hall–Kier alpha value is -3.22. The molecule has 0 spiro atoms. The third kappa shape index (κ3) is 2.73. The topological polar surface area (TPSA) is 78.1 Å². The number of nitrogens with zero attached hydrogens (tertiary/aromatic N) is 2. The van der Waals surface area contributed by atoms with Crippen LogP contribution in [-0.2, 0) is 9.59 Å². The van der Waals surface area contributed by atoms with Crippen LogP contribution < -0.4 is 10.2 Å². The van der Waals surface area contributed by atoms with Crippen molar-refractivity contribution in [2.75, 3.05) is 16.8 Å². The van der Waals surface area contributed by atoms with Crippen LogP contribution in [0.3, 0.4) is 0 Å². The van der Waals surface area contributed by atoms with Gasteiger partial charge in [-0.05, 0) is 24.3 Å². The summed E-state index contributed by atoms with van der Waals surface area (Å²) in [7, 11) is 0. The van der Waals surface area contributed by atoms with Crippen molar-refractivity contribution in [3.63, 3.8) is 0 Å². The van der Waals surface area contributed by atoms with Crippen LogP contribution in [0.2, 0.25) is 0 Å². The van der Waals surface area contributed by atoms with Gasteiger partial charge in [-0.2, -0.15) is 5.10 Å². The van der Waals surface area contributed by atoms with Crippen LogP contribution in [0, 0.1) is 11.7 Å². The van der Waals surface area contributed by atoms with E-state index in [0.29, 0.717) is 11.2 Å². The SMILES string of the molecule is O=C(Nc1ccccc1)[C@@H]1CC(=O)N(c2n[nH]c3cccc(F)c23)C1. The molecule has 2 N–H and O–H groups in total. The highest BCUT2D eigenvalue weighted by Crippen LogP contribution is 2.31. The Balaban J connectivity index is 1.57. The average molecular weight is 338 g/mol. The zero-order valence-electron chi connectivity index (χ0n) is 13.2. The molecule has 0 bridgehead atoms. The number of rotatable bonds is 3. The summed E-state index contributed by atoms with van der Waals surface area (Å²) < 4.78 is 14.1. The van der Waals surface area contributed by atoms with E-state index in [9.17, 15) is 14.0 Å². The van der Waals surface area contributed by atoms with Crippen LogP contribution in [-0.4, -0.2) is 28.6 Å². The molecule has 0 radical (unpaired) electrons. The normalized spacial score (nSPS) is 17.2. The smallest absolute Gasteiger partial charge is 0.229 e. The molecule has 126 valence electrons. The Morgan fingerprint density at radius 2 is 2.00 bits per heavy atom. The summed E-state index contributed by atoms with van der Waals surface area (Å²) in [6, 6.07) is 13.6. The van der Waals surface area contributed by atoms with Gasteiger partial charge >= 0.3 is 0 Å². The minimum absolute atomic E-state index is 0.0709. The van der Waals surface area contributed by atoms with Gasteiger partial charge in [0.25, 0.3) is 0 Å². The maximum Gasteiger partial charge on any atom is 0.229 e. The molecule has 1 aliphatic heterocycles. The van der Waals surface area contributed by atoms with Crippen molar-refractivity contribution in [3.8, 4) is 0 Å². The van der Waals surface area contributed by atoms with Gasteiger partial charge < -0.3 is 5.32 Å². The zero-order valence-corrected chi connectivity index (χ0v) is 13.2. The van der Waals surface area contributed by atoms with Gasteiger partial charge in [0.15, 0.2) is 5.82 Å². The van der Waals surface area contributed by atoms with E-state index in [0.717, 1.165) is 0 Å². The summed E-state index contributed by atoms with van der Waals surface area (Å²) in [5, 5.41) is 9.86. The number of aromatic amines is 1. The molecule has 1 aromatic heterocycles. The van der Waals surface area contributed by atoms with E-state index in [1.54, 1.807) is 24.3 Å². The largest absolute Gasteiger partial charge is 0.326 e. The number of aromatic nitrogens is 2. The fraction of sp³-hybridized carbons (Fsp3) is 0.167. The lowest BCUT2D eigenvalue weighted by Gasteiger charge is -2.14. The van der Waals surface area contributed by atoms with Crippen molar-refractivity contribution in [1.29, 1.82) is 0 Å². The van der Waals surface area contributed by atoms with E-state index in [1.807, 2.05) is 18.2 Å². The van der Waals surface area contributed by atoms with Crippen molar-refractivity contribution in [1.82, 2.24) is 10.2 Å². The van der Waals surface area contributed by atoms with Crippen LogP contribution >= 0.6 is 0 Å². The van der Waals surface area contributed by atoms with Crippen molar-refractivity contribution >= 4 is 34.2 Å². The highest BCUT2D eigenvalue weighted by Gasteiger charge is 2.37. The molecule has 2 heterocycles. The number of hydrogen-bond acceptors (Lipinski definition) is 3. The zero-order chi connectivity index (χ0) is 17.4. The van der Waals surface area contributed by atoms with Crippen LogP contribution in [0.1, 0.15) is 6.42 Å². The molecule has 0 unspecified atom stereocenters. The Morgan fingerprint density at radius 3 is 2.80 bits per heavy atom. The first-order chi connectivity index (χ1) is 12.1. The molecule has 1 fully saturated rings. The van der Waals surface area contributed by atoms with Gasteiger partial charge in [0.2, 0.25) is 11.8 Å². The van der Waals surface area contributed by atoms with Crippen molar-refractivity contribution in [3.05, 3.63) is 54.3 Å². The molecule has 2 amide bonds. The number of halogens is 1. The van der Waals surface area contributed by atoms with Crippen molar-refractivity contribution < 1.29 is 14.0 Å². The van der Waals surface area contributed by atoms with E-state index >= 15 is 0 Å². The Bertz CT molecular complexity index is 954. The third-order valence-corrected chi connectivity index (χ3v) is 4.31. The second-order valence-electron chi connectivity index (χ2n) is 5.97. The van der Waals surface area contributed by atoms with E-state index in [2.05, 4.69) is 15.5 Å². The highest BCUT2D eigenvalue weighted by atomic mass is 19.1. The van der Waals surface area contributed by atoms with Gasteiger partial charge in [-0.1, -0.05) is 24.3 Å². The van der Waals surface area contributed by atoms with Gasteiger partial charge in [-0.25, -0.2) is 4.39 Å². The maximum atomic E-state index is 14.1. The van der Waals surface area contributed by atoms with Crippen LogP contribution in [0.5, 0.6) is 0 Å². The first kappa shape index (κ1) is 15.3. The number of hydrogen-bond donors (Lipinski definition) is 2. The Morgan fingerprint density at radius 1 is 1.20 bits per heavy atom. The number of nitrogens with one attached hydrogen (secondary N) is 2. The lowest BCUT2D eigenvalue weighted by Crippen LogP contribution is -2.28. The summed E-state index contributed by atoms with van der Waals surface area (Å²) in [5.41, 5.74) is 1.19. The van der Waals surface area contributed by atoms with Gasteiger partial charge in [0.1, 0.15) is 5.82 Å². The molecule has 0 saturated carbocycles. The molecular formula is C18H15FN4O2. The summed E-state index contributed by atoms with van der Waals surface area (Å²) in [6.07, 6.45) is 0.0709. The molecule has 1 saturated heterocycles. The van der Waals surface area contributed by atoms with Crippen LogP contribution in [0.25, 0.3) is 10.9 Å². The van der Waals surface area contributed by atoms with Crippen molar-refractivity contribution in [2.45, 2.75) is 6.42 Å². The monoisotopic (exact) mass is 338 g/mol. The number of anilines is 2. The van der Waals surface area contributed by atoms with Gasteiger partial charge in [-0.3, -0.25) is 19.6 Å². The molecule has 7 heteroatoms. The summed E-state index contributed by atoms with van der Waals surface area (Å²) in [6.45, 7) is 0.172. The van der Waals surface area contributed by atoms with E-state index in [4.69, 9.17) is 0 Å². The summed E-state index contributed by atoms with van der Waals surface area (Å²) in [4.78, 5) is 26.2. The number of benzene rings is 2. The highest BCUT2D eigenvalue weighted by molar-refractivity contribution is 6.07. The average Bonchev–Trinajstić information content (AvgIpc) is 3.20. The first-order valence-corrected chi connectivity index (χ1v) is 7.92. The predicted octanol–water partition coefficient (Wildman–Crippen LogP) is 2.69. The number of H-pyrrole nitrogens is 1. The number of para-hydroxylation sites is 1. The third-order valence-electron chi connectivity index (χ3n) is 4.31. The molecule has 3 aromatic rings. The molecule has 1 atom stereocenters. The quantitative estimate of drug-likeness (QED) is 0.771. The van der Waals surface area contributed by atoms with Gasteiger partial charge in [0, 0.05) is 18.7 Å². The molecule has 6 nitrogen and oxygen atoms in total. The second-order valence-corrected chi connectivity index (χ2v) is 5.97. The van der Waals surface area contributed by atoms with E-state index < -0.39 is 11.7 Å². The minimum Gasteiger partial charge on any atom is -0.326 e. The number of amides is 2. The maximum absolute atomic E-state index is 14.1. The van der Waals surface area contributed by atoms with Gasteiger partial charge in [-0.15, -0.1) is 0 Å². The van der Waals surface area contributed by atoms with Crippen molar-refractivity contribution in [2.24, 2.45) is 5.92 Å². The number of carbonyl (C=O) groups excluding carboxylic acids is 2. The van der Waals surface area contributed by atoms with Crippen LogP contribution in [0.15, 0.2) is 48.5 Å². The fourth-order valence-corrected chi connectivity index (χ4v) is 3.06. The Labute approximate surface area is 142 Å². The predicted molar refractivity (Wildman–Crippen MR) is 91.6 cm³/mol. The van der Waals surface area contributed by atoms with E-state index in [-0.39, 0.29) is 36.0 Å². The van der Waals surface area contributed by atoms with Gasteiger partial charge in [0.05, 0.1) is 16.8 Å². The summed E-state index contributed by atoms with van der Waals surface area (Å²) >= 11 is 0. The Kier molecular flexibility index (Phi) is 3.68. The lowest BCUT2D eigenvalue weighted by molar-refractivity contribution is -0.122. The first-order valence-electron chi connectivity index (χ1n) is 7.92. The fourth-order valence-electron chi connectivity index (χ4n) is 3.06. The number of carbonyl (C=O) groups is 2. The van der Waals surface area contributed by atoms with E-state index in [1.165, 1.54) is 11.0 Å². The standard InChI is InChI=1S/C18H15FN4O2/c19-13-7-4-8-14-16(13)17(22-21-14)23-10-11(9-15(23)24)18(25)20-12-5-2-1-3-6-12/h1-8,11H,9-10H2,(H,20,25)(H,21,22)/t11-/m1/s1.